The zero-order valence-corrected chi connectivity index (χ0v) is 9.99. The Labute approximate surface area is 95.1 Å². The van der Waals surface area contributed by atoms with Crippen LogP contribution in [0.3, 0.4) is 0 Å². The highest BCUT2D eigenvalue weighted by Gasteiger charge is 2.25. The van der Waals surface area contributed by atoms with Crippen molar-refractivity contribution in [3.05, 3.63) is 27.9 Å². The zero-order chi connectivity index (χ0) is 11.7. The smallest absolute Gasteiger partial charge is 0.251 e. The molecule has 16 heavy (non-hydrogen) atoms. The third kappa shape index (κ3) is 2.32. The van der Waals surface area contributed by atoms with E-state index in [1.165, 1.54) is 0 Å². The number of nitrogens with zero attached hydrogens (tertiary/aromatic N) is 1. The van der Waals surface area contributed by atoms with Crippen molar-refractivity contribution in [1.29, 1.82) is 0 Å². The molecule has 1 N–H and O–H groups in total. The van der Waals surface area contributed by atoms with E-state index in [0.29, 0.717) is 5.82 Å². The topological polar surface area (TPSA) is 55.0 Å². The molecule has 88 valence electrons. The summed E-state index contributed by atoms with van der Waals surface area (Å²) in [6.07, 6.45) is 2.19. The van der Waals surface area contributed by atoms with Gasteiger partial charge in [0.25, 0.3) is 5.56 Å². The van der Waals surface area contributed by atoms with Crippen molar-refractivity contribution in [2.45, 2.75) is 51.7 Å². The Morgan fingerprint density at radius 3 is 2.81 bits per heavy atom. The first kappa shape index (κ1) is 11.3. The molecule has 0 radical (unpaired) electrons. The van der Waals surface area contributed by atoms with Crippen LogP contribution in [0.2, 0.25) is 0 Å². The predicted molar refractivity (Wildman–Crippen MR) is 61.5 cm³/mol. The Morgan fingerprint density at radius 2 is 2.25 bits per heavy atom. The Morgan fingerprint density at radius 1 is 1.50 bits per heavy atom. The largest absolute Gasteiger partial charge is 0.367 e. The summed E-state index contributed by atoms with van der Waals surface area (Å²) < 4.78 is 5.70. The molecule has 1 fully saturated rings. The number of nitrogens with one attached hydrogen (secondary N) is 1. The number of hydrogen-bond donors (Lipinski definition) is 1. The fourth-order valence-corrected chi connectivity index (χ4v) is 1.95. The maximum Gasteiger partial charge on any atom is 0.251 e. The lowest BCUT2D eigenvalue weighted by Crippen LogP contribution is -2.16. The van der Waals surface area contributed by atoms with Crippen molar-refractivity contribution in [3.63, 3.8) is 0 Å². The van der Waals surface area contributed by atoms with Crippen LogP contribution in [0.25, 0.3) is 0 Å². The van der Waals surface area contributed by atoms with Crippen LogP contribution in [0.5, 0.6) is 0 Å². The van der Waals surface area contributed by atoms with Gasteiger partial charge in [0.1, 0.15) is 11.9 Å². The van der Waals surface area contributed by atoms with Gasteiger partial charge in [0, 0.05) is 6.07 Å². The van der Waals surface area contributed by atoms with Crippen LogP contribution in [0, 0.1) is 0 Å². The number of ether oxygens (including phenoxy) is 1. The highest BCUT2D eigenvalue weighted by molar-refractivity contribution is 5.08. The summed E-state index contributed by atoms with van der Waals surface area (Å²) in [5, 5.41) is 0. The van der Waals surface area contributed by atoms with E-state index < -0.39 is 0 Å². The first-order valence-electron chi connectivity index (χ1n) is 5.83. The summed E-state index contributed by atoms with van der Waals surface area (Å²) in [6.45, 7) is 6.11. The highest BCUT2D eigenvalue weighted by atomic mass is 16.5. The van der Waals surface area contributed by atoms with Crippen molar-refractivity contribution >= 4 is 0 Å². The van der Waals surface area contributed by atoms with Crippen LogP contribution in [0.1, 0.15) is 57.2 Å². The number of aromatic nitrogens is 2. The molecule has 1 saturated heterocycles. The number of H-pyrrole nitrogens is 1. The molecule has 1 aliphatic rings. The van der Waals surface area contributed by atoms with Gasteiger partial charge in [0.2, 0.25) is 0 Å². The van der Waals surface area contributed by atoms with E-state index in [-0.39, 0.29) is 23.7 Å². The zero-order valence-electron chi connectivity index (χ0n) is 9.99. The standard InChI is InChI=1S/C12H18N2O2/c1-7(2)9-6-11(15)14-12(13-9)10-5-4-8(3)16-10/h6-8,10H,4-5H2,1-3H3,(H,13,14,15). The fourth-order valence-electron chi connectivity index (χ4n) is 1.95. The summed E-state index contributed by atoms with van der Waals surface area (Å²) in [5.74, 6) is 0.945. The molecular weight excluding hydrogens is 204 g/mol. The second kappa shape index (κ2) is 4.37. The van der Waals surface area contributed by atoms with Gasteiger partial charge in [0.15, 0.2) is 0 Å². The lowest BCUT2D eigenvalue weighted by atomic mass is 10.1. The van der Waals surface area contributed by atoms with Crippen LogP contribution < -0.4 is 5.56 Å². The molecule has 0 aromatic carbocycles. The molecule has 2 heterocycles. The number of rotatable bonds is 2. The molecule has 4 heteroatoms. The van der Waals surface area contributed by atoms with Gasteiger partial charge in [-0.05, 0) is 25.7 Å². The van der Waals surface area contributed by atoms with Crippen molar-refractivity contribution in [3.8, 4) is 0 Å². The molecule has 2 rings (SSSR count). The van der Waals surface area contributed by atoms with Gasteiger partial charge in [-0.3, -0.25) is 4.79 Å². The second-order valence-electron chi connectivity index (χ2n) is 4.72. The molecule has 4 nitrogen and oxygen atoms in total. The maximum atomic E-state index is 11.5. The van der Waals surface area contributed by atoms with Gasteiger partial charge >= 0.3 is 0 Å². The minimum atomic E-state index is -0.0862. The Bertz CT molecular complexity index is 425. The Balaban J connectivity index is 2.30. The quantitative estimate of drug-likeness (QED) is 0.834. The lowest BCUT2D eigenvalue weighted by molar-refractivity contribution is 0.0500. The van der Waals surface area contributed by atoms with Crippen LogP contribution >= 0.6 is 0 Å². The van der Waals surface area contributed by atoms with Gasteiger partial charge in [0.05, 0.1) is 11.8 Å². The van der Waals surface area contributed by atoms with Gasteiger partial charge < -0.3 is 9.72 Å². The molecule has 2 unspecified atom stereocenters. The molecule has 0 saturated carbocycles. The van der Waals surface area contributed by atoms with E-state index in [2.05, 4.69) is 9.97 Å². The van der Waals surface area contributed by atoms with E-state index in [1.54, 1.807) is 6.07 Å². The van der Waals surface area contributed by atoms with Gasteiger partial charge in [-0.1, -0.05) is 13.8 Å². The van der Waals surface area contributed by atoms with Gasteiger partial charge in [-0.25, -0.2) is 4.98 Å². The Kier molecular flexibility index (Phi) is 3.10. The SMILES string of the molecule is CC1CCC(c2nc(C(C)C)cc(=O)[nH]2)O1. The minimum Gasteiger partial charge on any atom is -0.367 e. The molecule has 2 atom stereocenters. The summed E-state index contributed by atoms with van der Waals surface area (Å²) in [4.78, 5) is 18.7. The molecular formula is C12H18N2O2. The third-order valence-corrected chi connectivity index (χ3v) is 2.91. The summed E-state index contributed by atoms with van der Waals surface area (Å²) in [7, 11) is 0. The average molecular weight is 222 g/mol. The van der Waals surface area contributed by atoms with E-state index in [1.807, 2.05) is 20.8 Å². The molecule has 1 aliphatic heterocycles. The summed E-state index contributed by atoms with van der Waals surface area (Å²) in [5.41, 5.74) is 0.749. The van der Waals surface area contributed by atoms with Crippen LogP contribution in [-0.2, 0) is 4.74 Å². The monoisotopic (exact) mass is 222 g/mol. The van der Waals surface area contributed by atoms with Crippen molar-refractivity contribution < 1.29 is 4.74 Å². The van der Waals surface area contributed by atoms with E-state index >= 15 is 0 Å². The molecule has 0 spiro atoms. The van der Waals surface area contributed by atoms with Crippen LogP contribution in [-0.4, -0.2) is 16.1 Å². The van der Waals surface area contributed by atoms with Crippen molar-refractivity contribution in [2.24, 2.45) is 0 Å². The fraction of sp³-hybridized carbons (Fsp3) is 0.667. The molecule has 0 bridgehead atoms. The molecule has 0 amide bonds. The van der Waals surface area contributed by atoms with Crippen molar-refractivity contribution in [1.82, 2.24) is 9.97 Å². The lowest BCUT2D eigenvalue weighted by Gasteiger charge is -2.12. The summed E-state index contributed by atoms with van der Waals surface area (Å²) in [6, 6.07) is 1.56. The van der Waals surface area contributed by atoms with Crippen LogP contribution in [0.4, 0.5) is 0 Å². The van der Waals surface area contributed by atoms with Gasteiger partial charge in [-0.15, -0.1) is 0 Å². The first-order chi connectivity index (χ1) is 7.56. The summed E-state index contributed by atoms with van der Waals surface area (Å²) >= 11 is 0. The third-order valence-electron chi connectivity index (χ3n) is 2.91. The molecule has 1 aromatic rings. The molecule has 1 aromatic heterocycles. The average Bonchev–Trinajstić information content (AvgIpc) is 2.64. The van der Waals surface area contributed by atoms with Crippen LogP contribution in [0.15, 0.2) is 10.9 Å². The van der Waals surface area contributed by atoms with E-state index in [0.717, 1.165) is 18.5 Å². The van der Waals surface area contributed by atoms with Crippen molar-refractivity contribution in [2.75, 3.05) is 0 Å². The first-order valence-corrected chi connectivity index (χ1v) is 5.83. The number of hydrogen-bond acceptors (Lipinski definition) is 3. The van der Waals surface area contributed by atoms with E-state index in [4.69, 9.17) is 4.74 Å². The predicted octanol–water partition coefficient (Wildman–Crippen LogP) is 2.13. The van der Waals surface area contributed by atoms with Gasteiger partial charge in [-0.2, -0.15) is 0 Å². The number of aromatic amines is 1. The highest BCUT2D eigenvalue weighted by Crippen LogP contribution is 2.30. The van der Waals surface area contributed by atoms with E-state index in [9.17, 15) is 4.79 Å². The normalized spacial score (nSPS) is 25.2. The maximum absolute atomic E-state index is 11.5. The molecule has 0 aliphatic carbocycles. The second-order valence-corrected chi connectivity index (χ2v) is 4.72. The minimum absolute atomic E-state index is 0.0404. The Hall–Kier alpha value is -1.16.